The molecule has 1 aliphatic heterocycles. The van der Waals surface area contributed by atoms with Gasteiger partial charge in [-0.15, -0.1) is 0 Å². The second-order valence-corrected chi connectivity index (χ2v) is 3.57. The minimum absolute atomic E-state index is 0.639. The third kappa shape index (κ3) is 0.337. The molecule has 2 atom stereocenters. The summed E-state index contributed by atoms with van der Waals surface area (Å²) in [7, 11) is 0. The zero-order chi connectivity index (χ0) is 5.90. The molecule has 0 aromatic carbocycles. The molecular formula is C7H10N2. The Balaban J connectivity index is 2.10. The topological polar surface area (TPSA) is 24.7 Å². The van der Waals surface area contributed by atoms with E-state index in [1.807, 2.05) is 0 Å². The predicted molar refractivity (Wildman–Crippen MR) is 33.3 cm³/mol. The summed E-state index contributed by atoms with van der Waals surface area (Å²) in [6.45, 7) is 0. The molecule has 9 heavy (non-hydrogen) atoms. The van der Waals surface area contributed by atoms with Crippen molar-refractivity contribution in [1.29, 1.82) is 0 Å². The monoisotopic (exact) mass is 122 g/mol. The Bertz CT molecular complexity index is 165. The van der Waals surface area contributed by atoms with E-state index in [-0.39, 0.29) is 0 Å². The molecule has 2 heteroatoms. The zero-order valence-electron chi connectivity index (χ0n) is 5.38. The van der Waals surface area contributed by atoms with Crippen molar-refractivity contribution in [3.63, 3.8) is 0 Å². The van der Waals surface area contributed by atoms with Gasteiger partial charge in [-0.3, -0.25) is 0 Å². The van der Waals surface area contributed by atoms with Crippen LogP contribution in [0.15, 0.2) is 10.2 Å². The molecule has 0 aromatic rings. The van der Waals surface area contributed by atoms with E-state index in [9.17, 15) is 0 Å². The van der Waals surface area contributed by atoms with Gasteiger partial charge in [0.15, 0.2) is 0 Å². The molecular weight excluding hydrogens is 112 g/mol. The van der Waals surface area contributed by atoms with Crippen LogP contribution >= 0.6 is 0 Å². The molecule has 0 N–H and O–H groups in total. The summed E-state index contributed by atoms with van der Waals surface area (Å²) in [4.78, 5) is 0. The van der Waals surface area contributed by atoms with Gasteiger partial charge in [0.25, 0.3) is 0 Å². The van der Waals surface area contributed by atoms with E-state index < -0.39 is 0 Å². The van der Waals surface area contributed by atoms with Crippen LogP contribution in [0.1, 0.15) is 25.7 Å². The van der Waals surface area contributed by atoms with Crippen molar-refractivity contribution < 1.29 is 0 Å². The summed E-state index contributed by atoms with van der Waals surface area (Å²) in [6.07, 6.45) is 5.48. The molecule has 1 heterocycles. The average molecular weight is 122 g/mol. The SMILES string of the molecule is C1C[C@@H]2N=N[C@@H]1C21CC1. The van der Waals surface area contributed by atoms with E-state index in [1.54, 1.807) is 0 Å². The minimum Gasteiger partial charge on any atom is -0.190 e. The first-order valence-corrected chi connectivity index (χ1v) is 3.82. The van der Waals surface area contributed by atoms with Crippen molar-refractivity contribution in [3.05, 3.63) is 0 Å². The van der Waals surface area contributed by atoms with Crippen molar-refractivity contribution >= 4 is 0 Å². The lowest BCUT2D eigenvalue weighted by Crippen LogP contribution is -2.14. The third-order valence-electron chi connectivity index (χ3n) is 3.21. The van der Waals surface area contributed by atoms with Crippen molar-refractivity contribution in [2.45, 2.75) is 37.8 Å². The predicted octanol–water partition coefficient (Wildman–Crippen LogP) is 1.76. The quantitative estimate of drug-likeness (QED) is 0.467. The molecule has 2 fully saturated rings. The van der Waals surface area contributed by atoms with Gasteiger partial charge in [-0.2, -0.15) is 10.2 Å². The van der Waals surface area contributed by atoms with Crippen LogP contribution in [0, 0.1) is 5.41 Å². The Hall–Kier alpha value is -0.400. The van der Waals surface area contributed by atoms with Gasteiger partial charge in [0.2, 0.25) is 0 Å². The molecule has 0 amide bonds. The van der Waals surface area contributed by atoms with E-state index in [2.05, 4.69) is 10.2 Å². The van der Waals surface area contributed by atoms with Gasteiger partial charge in [-0.25, -0.2) is 0 Å². The van der Waals surface area contributed by atoms with Crippen LogP contribution in [0.25, 0.3) is 0 Å². The van der Waals surface area contributed by atoms with Crippen LogP contribution in [-0.4, -0.2) is 12.1 Å². The summed E-state index contributed by atoms with van der Waals surface area (Å²) < 4.78 is 0. The summed E-state index contributed by atoms with van der Waals surface area (Å²) in [5, 5.41) is 8.49. The molecule has 2 saturated carbocycles. The fourth-order valence-corrected chi connectivity index (χ4v) is 2.43. The van der Waals surface area contributed by atoms with Crippen LogP contribution in [0.3, 0.4) is 0 Å². The lowest BCUT2D eigenvalue weighted by Gasteiger charge is -2.06. The van der Waals surface area contributed by atoms with Gasteiger partial charge in [-0.05, 0) is 25.7 Å². The molecule has 2 nitrogen and oxygen atoms in total. The first kappa shape index (κ1) is 4.42. The molecule has 3 rings (SSSR count). The maximum absolute atomic E-state index is 4.24. The maximum Gasteiger partial charge on any atom is 0.0786 e. The fraction of sp³-hybridized carbons (Fsp3) is 1.00. The number of hydrogen-bond acceptors (Lipinski definition) is 2. The molecule has 48 valence electrons. The van der Waals surface area contributed by atoms with Gasteiger partial charge >= 0.3 is 0 Å². The van der Waals surface area contributed by atoms with Crippen molar-refractivity contribution in [2.75, 3.05) is 0 Å². The van der Waals surface area contributed by atoms with E-state index in [0.29, 0.717) is 17.5 Å². The van der Waals surface area contributed by atoms with Gasteiger partial charge in [-0.1, -0.05) is 0 Å². The Labute approximate surface area is 54.4 Å². The van der Waals surface area contributed by atoms with Gasteiger partial charge < -0.3 is 0 Å². The standard InChI is InChI=1S/C7H10N2/c1-2-6-7(3-4-7)5(1)8-9-6/h5-6H,1-4H2/t5-,6-/m0/s1. The van der Waals surface area contributed by atoms with Crippen LogP contribution in [-0.2, 0) is 0 Å². The molecule has 0 saturated heterocycles. The summed E-state index contributed by atoms with van der Waals surface area (Å²) in [5.74, 6) is 0. The number of azo groups is 1. The number of hydrogen-bond donors (Lipinski definition) is 0. The normalized spacial score (nSPS) is 48.9. The largest absolute Gasteiger partial charge is 0.190 e. The molecule has 0 radical (unpaired) electrons. The smallest absolute Gasteiger partial charge is 0.0786 e. The number of nitrogens with zero attached hydrogens (tertiary/aromatic N) is 2. The lowest BCUT2D eigenvalue weighted by atomic mass is 9.99. The third-order valence-corrected chi connectivity index (χ3v) is 3.21. The van der Waals surface area contributed by atoms with Gasteiger partial charge in [0, 0.05) is 5.41 Å². The first-order valence-electron chi connectivity index (χ1n) is 3.82. The maximum atomic E-state index is 4.24. The molecule has 1 spiro atoms. The summed E-state index contributed by atoms with van der Waals surface area (Å²) in [5.41, 5.74) is 0.639. The van der Waals surface area contributed by atoms with Crippen LogP contribution in [0.2, 0.25) is 0 Å². The van der Waals surface area contributed by atoms with Gasteiger partial charge in [0.05, 0.1) is 12.1 Å². The molecule has 2 bridgehead atoms. The summed E-state index contributed by atoms with van der Waals surface area (Å²) >= 11 is 0. The highest BCUT2D eigenvalue weighted by Gasteiger charge is 2.62. The Kier molecular flexibility index (Phi) is 0.525. The highest BCUT2D eigenvalue weighted by molar-refractivity contribution is 5.16. The van der Waals surface area contributed by atoms with Crippen LogP contribution < -0.4 is 0 Å². The van der Waals surface area contributed by atoms with Crippen LogP contribution in [0.4, 0.5) is 0 Å². The minimum atomic E-state index is 0.639. The van der Waals surface area contributed by atoms with E-state index in [0.717, 1.165) is 0 Å². The zero-order valence-corrected chi connectivity index (χ0v) is 5.38. The Morgan fingerprint density at radius 2 is 1.56 bits per heavy atom. The first-order chi connectivity index (χ1) is 4.42. The molecule has 3 aliphatic rings. The molecule has 0 unspecified atom stereocenters. The average Bonchev–Trinajstić information content (AvgIpc) is 2.53. The molecule has 0 aromatic heterocycles. The van der Waals surface area contributed by atoms with Crippen molar-refractivity contribution in [2.24, 2.45) is 15.6 Å². The van der Waals surface area contributed by atoms with E-state index in [1.165, 1.54) is 25.7 Å². The molecule has 2 aliphatic carbocycles. The van der Waals surface area contributed by atoms with E-state index in [4.69, 9.17) is 0 Å². The Morgan fingerprint density at radius 3 is 1.78 bits per heavy atom. The van der Waals surface area contributed by atoms with Crippen molar-refractivity contribution in [1.82, 2.24) is 0 Å². The van der Waals surface area contributed by atoms with Crippen LogP contribution in [0.5, 0.6) is 0 Å². The fourth-order valence-electron chi connectivity index (χ4n) is 2.43. The Morgan fingerprint density at radius 1 is 1.00 bits per heavy atom. The second-order valence-electron chi connectivity index (χ2n) is 3.57. The highest BCUT2D eigenvalue weighted by Crippen LogP contribution is 2.63. The lowest BCUT2D eigenvalue weighted by molar-refractivity contribution is 0.479. The van der Waals surface area contributed by atoms with E-state index >= 15 is 0 Å². The second kappa shape index (κ2) is 1.07. The highest BCUT2D eigenvalue weighted by atomic mass is 15.2. The number of rotatable bonds is 0. The van der Waals surface area contributed by atoms with Crippen molar-refractivity contribution in [3.8, 4) is 0 Å². The summed E-state index contributed by atoms with van der Waals surface area (Å²) in [6, 6.07) is 1.31. The van der Waals surface area contributed by atoms with Gasteiger partial charge in [0.1, 0.15) is 0 Å².